The molecule has 0 bridgehead atoms. The van der Waals surface area contributed by atoms with E-state index in [1.807, 2.05) is 12.1 Å². The highest BCUT2D eigenvalue weighted by molar-refractivity contribution is 7.14. The number of thiophene rings is 1. The Kier molecular flexibility index (Phi) is 7.15. The van der Waals surface area contributed by atoms with Crippen LogP contribution in [0.4, 0.5) is 19.0 Å². The van der Waals surface area contributed by atoms with Gasteiger partial charge >= 0.3 is 12.1 Å². The summed E-state index contributed by atoms with van der Waals surface area (Å²) in [7, 11) is 0. The van der Waals surface area contributed by atoms with Gasteiger partial charge in [-0.2, -0.15) is 23.1 Å². The number of aryl methyl sites for hydroxylation is 1. The van der Waals surface area contributed by atoms with Gasteiger partial charge in [0.1, 0.15) is 0 Å². The molecular formula is C21H18F3N5O4S. The molecule has 178 valence electrons. The molecule has 0 unspecified atom stereocenters. The molecular weight excluding hydrogens is 475 g/mol. The average molecular weight is 493 g/mol. The molecule has 0 fully saturated rings. The van der Waals surface area contributed by atoms with Crippen LogP contribution in [0.1, 0.15) is 43.4 Å². The molecule has 9 nitrogen and oxygen atoms in total. The lowest BCUT2D eigenvalue weighted by atomic mass is 10.1. The van der Waals surface area contributed by atoms with Gasteiger partial charge in [-0.25, -0.2) is 9.78 Å². The molecule has 0 atom stereocenters. The first-order valence-electron chi connectivity index (χ1n) is 9.57. The molecule has 34 heavy (non-hydrogen) atoms. The molecule has 13 heteroatoms. The number of rotatable bonds is 5. The number of aromatic carboxylic acids is 1. The summed E-state index contributed by atoms with van der Waals surface area (Å²) in [6.07, 6.45) is -3.01. The number of hydrogen-bond acceptors (Lipinski definition) is 8. The van der Waals surface area contributed by atoms with E-state index in [1.165, 1.54) is 41.4 Å². The predicted octanol–water partition coefficient (Wildman–Crippen LogP) is 4.54. The lowest BCUT2D eigenvalue weighted by Gasteiger charge is -2.07. The molecule has 3 aromatic heterocycles. The van der Waals surface area contributed by atoms with E-state index < -0.39 is 23.4 Å². The summed E-state index contributed by atoms with van der Waals surface area (Å²) >= 11 is 1.45. The molecule has 4 aromatic rings. The van der Waals surface area contributed by atoms with Gasteiger partial charge in [-0.1, -0.05) is 12.1 Å². The Morgan fingerprint density at radius 3 is 2.53 bits per heavy atom. The third-order valence-corrected chi connectivity index (χ3v) is 5.42. The van der Waals surface area contributed by atoms with Crippen LogP contribution in [0.5, 0.6) is 0 Å². The number of carbonyl (C=O) groups excluding carboxylic acids is 1. The maximum Gasteiger partial charge on any atom is 0.416 e. The molecule has 0 spiro atoms. The number of carboxylic acid groups (broad SMARTS) is 1. The second-order valence-corrected chi connectivity index (χ2v) is 8.08. The average Bonchev–Trinajstić information content (AvgIpc) is 3.48. The summed E-state index contributed by atoms with van der Waals surface area (Å²) < 4.78 is 42.8. The highest BCUT2D eigenvalue weighted by Gasteiger charge is 2.31. The van der Waals surface area contributed by atoms with Crippen molar-refractivity contribution in [3.05, 3.63) is 69.5 Å². The summed E-state index contributed by atoms with van der Waals surface area (Å²) in [6, 6.07) is 7.96. The summed E-state index contributed by atoms with van der Waals surface area (Å²) in [4.78, 5) is 28.9. The van der Waals surface area contributed by atoms with Crippen molar-refractivity contribution in [2.75, 3.05) is 5.73 Å². The Morgan fingerprint density at radius 1 is 1.24 bits per heavy atom. The number of nitrogens with two attached hydrogens (primary N) is 1. The predicted molar refractivity (Wildman–Crippen MR) is 116 cm³/mol. The third kappa shape index (κ3) is 6.07. The Labute approximate surface area is 194 Å². The lowest BCUT2D eigenvalue weighted by molar-refractivity contribution is -0.137. The molecule has 0 aliphatic rings. The summed E-state index contributed by atoms with van der Waals surface area (Å²) in [6.45, 7) is 3.53. The number of anilines is 1. The van der Waals surface area contributed by atoms with Gasteiger partial charge in [0, 0.05) is 17.4 Å². The van der Waals surface area contributed by atoms with Gasteiger partial charge in [0.2, 0.25) is 0 Å². The summed E-state index contributed by atoms with van der Waals surface area (Å²) in [5.74, 6) is -0.984. The fourth-order valence-electron chi connectivity index (χ4n) is 2.78. The zero-order chi connectivity index (χ0) is 25.0. The van der Waals surface area contributed by atoms with Crippen LogP contribution in [0.3, 0.4) is 0 Å². The van der Waals surface area contributed by atoms with Gasteiger partial charge in [0.05, 0.1) is 23.2 Å². The molecule has 0 saturated carbocycles. The van der Waals surface area contributed by atoms with Crippen LogP contribution in [0.2, 0.25) is 0 Å². The summed E-state index contributed by atoms with van der Waals surface area (Å²) in [5, 5.41) is 16.9. The first-order valence-corrected chi connectivity index (χ1v) is 10.4. The van der Waals surface area contributed by atoms with Crippen molar-refractivity contribution in [3.8, 4) is 11.3 Å². The highest BCUT2D eigenvalue weighted by Crippen LogP contribution is 2.33. The number of carbonyl (C=O) groups is 2. The fourth-order valence-corrected chi connectivity index (χ4v) is 3.66. The van der Waals surface area contributed by atoms with E-state index in [0.29, 0.717) is 12.4 Å². The minimum atomic E-state index is -4.51. The third-order valence-electron chi connectivity index (χ3n) is 4.25. The molecule has 0 aliphatic heterocycles. The van der Waals surface area contributed by atoms with Gasteiger partial charge in [-0.3, -0.25) is 4.79 Å². The number of Topliss-reactive ketones (excluding diaryl/α,β-unsaturated/α-hetero) is 1. The van der Waals surface area contributed by atoms with E-state index in [4.69, 9.17) is 15.3 Å². The van der Waals surface area contributed by atoms with Crippen LogP contribution in [0.25, 0.3) is 11.3 Å². The van der Waals surface area contributed by atoms with Crippen molar-refractivity contribution in [3.63, 3.8) is 0 Å². The normalized spacial score (nSPS) is 11.1. The number of nitrogens with zero attached hydrogens (tertiary/aromatic N) is 4. The molecule has 3 heterocycles. The molecule has 3 N–H and O–H groups in total. The quantitative estimate of drug-likeness (QED) is 0.387. The molecule has 0 aliphatic carbocycles. The van der Waals surface area contributed by atoms with E-state index in [2.05, 4.69) is 15.2 Å². The topological polar surface area (TPSA) is 137 Å². The van der Waals surface area contributed by atoms with Gasteiger partial charge < -0.3 is 15.3 Å². The molecule has 4 rings (SSSR count). The van der Waals surface area contributed by atoms with Crippen LogP contribution in [0, 0.1) is 6.92 Å². The zero-order valence-electron chi connectivity index (χ0n) is 17.8. The Morgan fingerprint density at radius 2 is 1.97 bits per heavy atom. The monoisotopic (exact) mass is 493 g/mol. The van der Waals surface area contributed by atoms with E-state index in [9.17, 15) is 22.8 Å². The first-order chi connectivity index (χ1) is 15.9. The van der Waals surface area contributed by atoms with Gasteiger partial charge in [0.25, 0.3) is 0 Å². The van der Waals surface area contributed by atoms with E-state index >= 15 is 0 Å². The number of oxazole rings is 1. The number of alkyl halides is 3. The Bertz CT molecular complexity index is 1330. The van der Waals surface area contributed by atoms with E-state index in [-0.39, 0.29) is 23.0 Å². The number of benzene rings is 1. The number of halogens is 3. The molecule has 1 aromatic carbocycles. The van der Waals surface area contributed by atoms with Crippen LogP contribution in [0.15, 0.2) is 47.0 Å². The minimum Gasteiger partial charge on any atom is -0.476 e. The van der Waals surface area contributed by atoms with Crippen LogP contribution < -0.4 is 5.73 Å². The smallest absolute Gasteiger partial charge is 0.416 e. The fraction of sp³-hybridized carbons (Fsp3) is 0.190. The highest BCUT2D eigenvalue weighted by atomic mass is 32.1. The SMILES string of the molecule is CC(=O)c1ccc(Cn2ncc(N)n2)s1.Cc1nc(C(=O)O)c(-c2cccc(C(F)(F)F)c2)o1. The van der Waals surface area contributed by atoms with Crippen molar-refractivity contribution in [1.82, 2.24) is 20.0 Å². The van der Waals surface area contributed by atoms with Gasteiger partial charge in [0.15, 0.2) is 28.9 Å². The number of ketones is 1. The van der Waals surface area contributed by atoms with Crippen molar-refractivity contribution in [2.45, 2.75) is 26.6 Å². The first kappa shape index (κ1) is 24.6. The maximum atomic E-state index is 12.6. The standard InChI is InChI=1S/C12H8F3NO3.C9H10N4OS/c1-6-16-9(11(17)18)10(19-6)7-3-2-4-8(5-7)12(13,14)15;1-6(14)8-3-2-7(15-8)5-13-11-4-9(10)12-13/h2-5H,1H3,(H,17,18);2-4H,5H2,1H3,(H2,10,12). The second kappa shape index (κ2) is 9.87. The van der Waals surface area contributed by atoms with Crippen molar-refractivity contribution < 1.29 is 32.3 Å². The molecule has 0 radical (unpaired) electrons. The van der Waals surface area contributed by atoms with Gasteiger partial charge in [-0.15, -0.1) is 16.4 Å². The minimum absolute atomic E-state index is 0.0211. The Balaban J connectivity index is 0.000000196. The number of hydrogen-bond donors (Lipinski definition) is 2. The number of nitrogen functional groups attached to an aromatic ring is 1. The van der Waals surface area contributed by atoms with Crippen LogP contribution in [-0.4, -0.2) is 36.8 Å². The lowest BCUT2D eigenvalue weighted by Crippen LogP contribution is -2.05. The summed E-state index contributed by atoms with van der Waals surface area (Å²) in [5.41, 5.74) is 4.18. The molecule has 0 saturated heterocycles. The van der Waals surface area contributed by atoms with Crippen LogP contribution in [-0.2, 0) is 12.7 Å². The zero-order valence-corrected chi connectivity index (χ0v) is 18.6. The molecule has 0 amide bonds. The number of aromatic nitrogens is 4. The van der Waals surface area contributed by atoms with Gasteiger partial charge in [-0.05, 0) is 31.2 Å². The largest absolute Gasteiger partial charge is 0.476 e. The maximum absolute atomic E-state index is 12.6. The van der Waals surface area contributed by atoms with Crippen molar-refractivity contribution in [1.29, 1.82) is 0 Å². The van der Waals surface area contributed by atoms with E-state index in [1.54, 1.807) is 6.92 Å². The second-order valence-electron chi connectivity index (χ2n) is 6.92. The van der Waals surface area contributed by atoms with Crippen molar-refractivity contribution in [2.24, 2.45) is 0 Å². The van der Waals surface area contributed by atoms with Crippen LogP contribution >= 0.6 is 11.3 Å². The van der Waals surface area contributed by atoms with E-state index in [0.717, 1.165) is 21.9 Å². The van der Waals surface area contributed by atoms with Crippen molar-refractivity contribution >= 4 is 28.9 Å². The number of carboxylic acids is 1. The Hall–Kier alpha value is -4.00.